The van der Waals surface area contributed by atoms with Gasteiger partial charge in [0.2, 0.25) is 5.91 Å². The molecule has 0 radical (unpaired) electrons. The molecule has 2 rings (SSSR count). The lowest BCUT2D eigenvalue weighted by atomic mass is 10.0. The largest absolute Gasteiger partial charge is 0.354 e. The maximum atomic E-state index is 11.6. The molecule has 1 aliphatic heterocycles. The van der Waals surface area contributed by atoms with E-state index in [-0.39, 0.29) is 35.1 Å². The smallest absolute Gasteiger partial charge is 0.287 e. The van der Waals surface area contributed by atoms with E-state index in [1.807, 2.05) is 0 Å². The van der Waals surface area contributed by atoms with Crippen LogP contribution < -0.4 is 11.1 Å². The summed E-state index contributed by atoms with van der Waals surface area (Å²) in [5, 5.41) is 13.9. The summed E-state index contributed by atoms with van der Waals surface area (Å²) in [7, 11) is 0. The lowest BCUT2D eigenvalue weighted by molar-refractivity contribution is -0.384. The Morgan fingerprint density at radius 2 is 2.20 bits per heavy atom. The number of carbonyl (C=O) groups is 1. The third kappa shape index (κ3) is 6.43. The van der Waals surface area contributed by atoms with Crippen LogP contribution in [-0.2, 0) is 11.3 Å². The highest BCUT2D eigenvalue weighted by Crippen LogP contribution is 2.27. The van der Waals surface area contributed by atoms with Gasteiger partial charge in [-0.3, -0.25) is 19.8 Å². The predicted molar refractivity (Wildman–Crippen MR) is 100 cm³/mol. The standard InChI is InChI=1S/C16H23ClN4O3.ClH/c17-14-9-12(4-5-15(14)21(23)24)11-20-8-2-1-3-13(20)10-19-16(22)6-7-18;/h4-5,9,13H,1-3,6-8,10-11,18H2,(H,19,22);1H. The minimum Gasteiger partial charge on any atom is -0.354 e. The van der Waals surface area contributed by atoms with Gasteiger partial charge >= 0.3 is 0 Å². The van der Waals surface area contributed by atoms with E-state index in [1.165, 1.54) is 6.07 Å². The zero-order chi connectivity index (χ0) is 17.5. The first-order valence-corrected chi connectivity index (χ1v) is 8.52. The van der Waals surface area contributed by atoms with E-state index >= 15 is 0 Å². The molecule has 7 nitrogen and oxygen atoms in total. The predicted octanol–water partition coefficient (Wildman–Crippen LogP) is 2.49. The maximum absolute atomic E-state index is 11.6. The third-order valence-electron chi connectivity index (χ3n) is 4.25. The lowest BCUT2D eigenvalue weighted by Crippen LogP contribution is -2.46. The van der Waals surface area contributed by atoms with Crippen LogP contribution >= 0.6 is 24.0 Å². The summed E-state index contributed by atoms with van der Waals surface area (Å²) in [6.45, 7) is 2.54. The number of halogens is 2. The number of benzene rings is 1. The van der Waals surface area contributed by atoms with Crippen LogP contribution in [0.15, 0.2) is 18.2 Å². The molecule has 0 aromatic heterocycles. The second-order valence-corrected chi connectivity index (χ2v) is 6.41. The van der Waals surface area contributed by atoms with Crippen LogP contribution in [0.5, 0.6) is 0 Å². The van der Waals surface area contributed by atoms with Crippen molar-refractivity contribution in [2.75, 3.05) is 19.6 Å². The molecule has 1 atom stereocenters. The number of carbonyl (C=O) groups excluding carboxylic acids is 1. The molecule has 9 heteroatoms. The summed E-state index contributed by atoms with van der Waals surface area (Å²) >= 11 is 5.99. The number of likely N-dealkylation sites (tertiary alicyclic amines) is 1. The van der Waals surface area contributed by atoms with E-state index in [9.17, 15) is 14.9 Å². The highest BCUT2D eigenvalue weighted by molar-refractivity contribution is 6.32. The second-order valence-electron chi connectivity index (χ2n) is 6.01. The number of nitro benzene ring substituents is 1. The first kappa shape index (κ1) is 21.6. The molecule has 3 N–H and O–H groups in total. The molecule has 25 heavy (non-hydrogen) atoms. The maximum Gasteiger partial charge on any atom is 0.287 e. The molecular weight excluding hydrogens is 367 g/mol. The molecule has 0 spiro atoms. The number of nitrogens with one attached hydrogen (secondary N) is 1. The Morgan fingerprint density at radius 1 is 1.44 bits per heavy atom. The van der Waals surface area contributed by atoms with Crippen LogP contribution in [0.4, 0.5) is 5.69 Å². The quantitative estimate of drug-likeness (QED) is 0.549. The third-order valence-corrected chi connectivity index (χ3v) is 4.55. The number of hydrogen-bond donors (Lipinski definition) is 2. The van der Waals surface area contributed by atoms with Gasteiger partial charge in [0.15, 0.2) is 0 Å². The molecule has 0 aliphatic carbocycles. The molecule has 0 bridgehead atoms. The van der Waals surface area contributed by atoms with Gasteiger partial charge in [-0.25, -0.2) is 0 Å². The Kier molecular flexibility index (Phi) is 9.13. The average Bonchev–Trinajstić information content (AvgIpc) is 2.54. The minimum atomic E-state index is -0.483. The summed E-state index contributed by atoms with van der Waals surface area (Å²) in [6, 6.07) is 5.09. The minimum absolute atomic E-state index is 0. The van der Waals surface area contributed by atoms with Crippen LogP contribution in [0.1, 0.15) is 31.2 Å². The van der Waals surface area contributed by atoms with Crippen LogP contribution in [-0.4, -0.2) is 41.4 Å². The topological polar surface area (TPSA) is 102 Å². The van der Waals surface area contributed by atoms with Gasteiger partial charge in [0, 0.05) is 38.2 Å². The van der Waals surface area contributed by atoms with Crippen molar-refractivity contribution in [2.24, 2.45) is 5.73 Å². The van der Waals surface area contributed by atoms with Crippen LogP contribution in [0, 0.1) is 10.1 Å². The molecular formula is C16H24Cl2N4O3. The molecule has 1 aromatic carbocycles. The molecule has 140 valence electrons. The van der Waals surface area contributed by atoms with Crippen LogP contribution in [0.3, 0.4) is 0 Å². The van der Waals surface area contributed by atoms with Gasteiger partial charge in [-0.05, 0) is 31.0 Å². The Hall–Kier alpha value is -1.41. The number of nitrogens with two attached hydrogens (primary N) is 1. The summed E-state index contributed by atoms with van der Waals surface area (Å²) < 4.78 is 0. The van der Waals surface area contributed by atoms with Gasteiger partial charge in [-0.1, -0.05) is 24.1 Å². The molecule has 0 saturated carbocycles. The molecule has 1 aromatic rings. The molecule has 1 amide bonds. The average molecular weight is 391 g/mol. The molecule has 1 aliphatic rings. The fourth-order valence-electron chi connectivity index (χ4n) is 2.98. The molecule has 1 unspecified atom stereocenters. The van der Waals surface area contributed by atoms with Gasteiger partial charge in [0.25, 0.3) is 5.69 Å². The van der Waals surface area contributed by atoms with E-state index in [0.717, 1.165) is 31.4 Å². The lowest BCUT2D eigenvalue weighted by Gasteiger charge is -2.36. The highest BCUT2D eigenvalue weighted by atomic mass is 35.5. The first-order chi connectivity index (χ1) is 11.5. The van der Waals surface area contributed by atoms with Crippen molar-refractivity contribution < 1.29 is 9.72 Å². The summed E-state index contributed by atoms with van der Waals surface area (Å²) in [5.74, 6) is -0.0265. The zero-order valence-electron chi connectivity index (χ0n) is 13.9. The second kappa shape index (κ2) is 10.6. The number of amides is 1. The SMILES string of the molecule is Cl.NCCC(=O)NCC1CCCCN1Cc1ccc([N+](=O)[O-])c(Cl)c1. The van der Waals surface area contributed by atoms with E-state index in [2.05, 4.69) is 10.2 Å². The monoisotopic (exact) mass is 390 g/mol. The van der Waals surface area contributed by atoms with Crippen molar-refractivity contribution in [3.05, 3.63) is 38.9 Å². The van der Waals surface area contributed by atoms with Crippen molar-refractivity contribution in [2.45, 2.75) is 38.3 Å². The van der Waals surface area contributed by atoms with Crippen LogP contribution in [0.2, 0.25) is 5.02 Å². The summed E-state index contributed by atoms with van der Waals surface area (Å²) in [4.78, 5) is 24.3. The van der Waals surface area contributed by atoms with Crippen LogP contribution in [0.25, 0.3) is 0 Å². The van der Waals surface area contributed by atoms with Crippen molar-refractivity contribution in [1.29, 1.82) is 0 Å². The Balaban J connectivity index is 0.00000312. The van der Waals surface area contributed by atoms with Crippen molar-refractivity contribution in [3.63, 3.8) is 0 Å². The van der Waals surface area contributed by atoms with E-state index in [1.54, 1.807) is 12.1 Å². The van der Waals surface area contributed by atoms with Crippen molar-refractivity contribution in [1.82, 2.24) is 10.2 Å². The number of piperidine rings is 1. The Labute approximate surface area is 158 Å². The Bertz CT molecular complexity index is 601. The fraction of sp³-hybridized carbons (Fsp3) is 0.562. The Morgan fingerprint density at radius 3 is 2.84 bits per heavy atom. The van der Waals surface area contributed by atoms with Crippen molar-refractivity contribution >= 4 is 35.6 Å². The van der Waals surface area contributed by atoms with E-state index in [0.29, 0.717) is 26.1 Å². The van der Waals surface area contributed by atoms with Gasteiger partial charge in [0.1, 0.15) is 5.02 Å². The molecule has 1 saturated heterocycles. The van der Waals surface area contributed by atoms with E-state index in [4.69, 9.17) is 17.3 Å². The number of nitrogens with zero attached hydrogens (tertiary/aromatic N) is 2. The number of rotatable bonds is 7. The normalized spacial score (nSPS) is 17.6. The fourth-order valence-corrected chi connectivity index (χ4v) is 3.25. The highest BCUT2D eigenvalue weighted by Gasteiger charge is 2.23. The summed E-state index contributed by atoms with van der Waals surface area (Å²) in [6.07, 6.45) is 3.59. The van der Waals surface area contributed by atoms with Gasteiger partial charge in [-0.15, -0.1) is 12.4 Å². The van der Waals surface area contributed by atoms with Gasteiger partial charge < -0.3 is 11.1 Å². The van der Waals surface area contributed by atoms with Gasteiger partial charge in [0.05, 0.1) is 4.92 Å². The molecule has 1 fully saturated rings. The first-order valence-electron chi connectivity index (χ1n) is 8.15. The van der Waals surface area contributed by atoms with Gasteiger partial charge in [-0.2, -0.15) is 0 Å². The number of nitro groups is 1. The zero-order valence-corrected chi connectivity index (χ0v) is 15.5. The van der Waals surface area contributed by atoms with Crippen molar-refractivity contribution in [3.8, 4) is 0 Å². The molecule has 1 heterocycles. The van der Waals surface area contributed by atoms with E-state index < -0.39 is 4.92 Å². The summed E-state index contributed by atoms with van der Waals surface area (Å²) in [5.41, 5.74) is 6.24. The number of hydrogen-bond acceptors (Lipinski definition) is 5.